The highest BCUT2D eigenvalue weighted by atomic mass is 16.5. The number of hydrogen-bond donors (Lipinski definition) is 2. The van der Waals surface area contributed by atoms with Crippen molar-refractivity contribution in [3.63, 3.8) is 0 Å². The molecule has 0 spiro atoms. The molecule has 186 valence electrons. The fourth-order valence-electron chi connectivity index (χ4n) is 5.40. The summed E-state index contributed by atoms with van der Waals surface area (Å²) in [7, 11) is 1.37. The molecule has 0 radical (unpaired) electrons. The van der Waals surface area contributed by atoms with Gasteiger partial charge in [-0.05, 0) is 48.3 Å². The molecule has 0 bridgehead atoms. The van der Waals surface area contributed by atoms with E-state index >= 15 is 0 Å². The number of nitrogens with zero attached hydrogens (tertiary/aromatic N) is 1. The fourth-order valence-corrected chi connectivity index (χ4v) is 5.40. The van der Waals surface area contributed by atoms with E-state index in [9.17, 15) is 9.59 Å². The van der Waals surface area contributed by atoms with Crippen LogP contribution >= 0.6 is 0 Å². The topological polar surface area (TPSA) is 74.4 Å². The number of esters is 1. The Morgan fingerprint density at radius 3 is 2.57 bits per heavy atom. The molecule has 3 aromatic rings. The van der Waals surface area contributed by atoms with Crippen molar-refractivity contribution in [3.8, 4) is 0 Å². The number of carbonyl (C=O) groups excluding carboxylic acids is 2. The van der Waals surface area contributed by atoms with Gasteiger partial charge in [0.25, 0.3) is 0 Å². The first-order valence-electron chi connectivity index (χ1n) is 12.7. The largest absolute Gasteiger partial charge is 0.467 e. The van der Waals surface area contributed by atoms with Crippen LogP contribution in [0.3, 0.4) is 0 Å². The molecule has 1 saturated heterocycles. The molecule has 3 atom stereocenters. The van der Waals surface area contributed by atoms with Crippen molar-refractivity contribution in [2.75, 3.05) is 7.11 Å². The van der Waals surface area contributed by atoms with Gasteiger partial charge in [-0.3, -0.25) is 9.69 Å². The summed E-state index contributed by atoms with van der Waals surface area (Å²) in [4.78, 5) is 31.7. The van der Waals surface area contributed by atoms with Crippen LogP contribution in [-0.4, -0.2) is 41.0 Å². The summed E-state index contributed by atoms with van der Waals surface area (Å²) in [5.74, 6) is -0.233. The van der Waals surface area contributed by atoms with E-state index in [0.717, 1.165) is 24.8 Å². The monoisotopic (exact) mass is 475 g/mol. The lowest BCUT2D eigenvalue weighted by molar-refractivity contribution is -0.146. The highest BCUT2D eigenvalue weighted by molar-refractivity contribution is 5.89. The molecular weight excluding hydrogens is 438 g/mol. The Morgan fingerprint density at radius 1 is 1.11 bits per heavy atom. The van der Waals surface area contributed by atoms with Crippen LogP contribution in [0.2, 0.25) is 0 Å². The Labute approximate surface area is 208 Å². The Kier molecular flexibility index (Phi) is 7.91. The smallest absolute Gasteiger partial charge is 0.328 e. The van der Waals surface area contributed by atoms with Crippen molar-refractivity contribution < 1.29 is 14.3 Å². The van der Waals surface area contributed by atoms with Gasteiger partial charge in [0, 0.05) is 29.7 Å². The molecule has 35 heavy (non-hydrogen) atoms. The maximum atomic E-state index is 13.6. The molecule has 4 rings (SSSR count). The van der Waals surface area contributed by atoms with Crippen LogP contribution < -0.4 is 5.32 Å². The zero-order valence-electron chi connectivity index (χ0n) is 21.2. The van der Waals surface area contributed by atoms with Crippen LogP contribution in [0.1, 0.15) is 62.8 Å². The average molecular weight is 476 g/mol. The number of nitrogens with one attached hydrogen (secondary N) is 2. The fraction of sp³-hybridized carbons (Fsp3) is 0.448. The van der Waals surface area contributed by atoms with Gasteiger partial charge in [0.2, 0.25) is 5.91 Å². The maximum Gasteiger partial charge on any atom is 0.328 e. The number of aromatic amines is 1. The molecule has 1 aliphatic heterocycles. The van der Waals surface area contributed by atoms with E-state index in [4.69, 9.17) is 4.74 Å². The van der Waals surface area contributed by atoms with Gasteiger partial charge in [-0.1, -0.05) is 69.3 Å². The first kappa shape index (κ1) is 25.0. The number of likely N-dealkylation sites (tertiary alicyclic amines) is 1. The molecule has 2 heterocycles. The number of aryl methyl sites for hydroxylation is 1. The van der Waals surface area contributed by atoms with E-state index < -0.39 is 6.04 Å². The highest BCUT2D eigenvalue weighted by Gasteiger charge is 2.40. The highest BCUT2D eigenvalue weighted by Crippen LogP contribution is 2.41. The van der Waals surface area contributed by atoms with Crippen molar-refractivity contribution in [1.29, 1.82) is 0 Å². The van der Waals surface area contributed by atoms with Crippen LogP contribution in [0.25, 0.3) is 10.9 Å². The van der Waals surface area contributed by atoms with E-state index in [0.29, 0.717) is 13.0 Å². The second kappa shape index (κ2) is 11.1. The number of para-hydroxylation sites is 1. The molecule has 1 aliphatic rings. The minimum Gasteiger partial charge on any atom is -0.467 e. The number of fused-ring (bicyclic) bond motifs is 1. The third kappa shape index (κ3) is 5.43. The third-order valence-corrected chi connectivity index (χ3v) is 7.11. The third-order valence-electron chi connectivity index (χ3n) is 7.11. The lowest BCUT2D eigenvalue weighted by Gasteiger charge is -2.31. The van der Waals surface area contributed by atoms with Gasteiger partial charge in [0.05, 0.1) is 13.2 Å². The van der Waals surface area contributed by atoms with Crippen molar-refractivity contribution in [2.45, 2.75) is 71.1 Å². The number of ether oxygens (including phenoxy) is 1. The van der Waals surface area contributed by atoms with Crippen LogP contribution in [0.15, 0.2) is 54.7 Å². The summed E-state index contributed by atoms with van der Waals surface area (Å²) in [5, 5.41) is 4.24. The minimum absolute atomic E-state index is 0.103. The van der Waals surface area contributed by atoms with Crippen molar-refractivity contribution in [2.24, 2.45) is 5.92 Å². The van der Waals surface area contributed by atoms with E-state index in [1.165, 1.54) is 29.1 Å². The molecule has 2 aromatic carbocycles. The van der Waals surface area contributed by atoms with Crippen LogP contribution in [0.4, 0.5) is 0 Å². The zero-order valence-corrected chi connectivity index (χ0v) is 21.2. The summed E-state index contributed by atoms with van der Waals surface area (Å²) in [6.07, 6.45) is 5.24. The second-order valence-corrected chi connectivity index (χ2v) is 9.92. The number of aromatic nitrogens is 1. The summed E-state index contributed by atoms with van der Waals surface area (Å²) in [6.45, 7) is 6.91. The van der Waals surface area contributed by atoms with E-state index in [1.54, 1.807) is 0 Å². The number of methoxy groups -OCH3 is 1. The normalized spacial score (nSPS) is 19.2. The summed E-state index contributed by atoms with van der Waals surface area (Å²) in [5.41, 5.74) is 4.87. The van der Waals surface area contributed by atoms with Gasteiger partial charge in [-0.2, -0.15) is 0 Å². The summed E-state index contributed by atoms with van der Waals surface area (Å²) in [6, 6.07) is 15.9. The van der Waals surface area contributed by atoms with Crippen LogP contribution in [-0.2, 0) is 27.3 Å². The molecule has 1 aromatic heterocycles. The first-order chi connectivity index (χ1) is 16.9. The molecule has 2 N–H and O–H groups in total. The number of H-pyrrole nitrogens is 1. The van der Waals surface area contributed by atoms with Gasteiger partial charge in [-0.25, -0.2) is 4.79 Å². The van der Waals surface area contributed by atoms with Crippen molar-refractivity contribution in [1.82, 2.24) is 15.2 Å². The van der Waals surface area contributed by atoms with Gasteiger partial charge in [-0.15, -0.1) is 0 Å². The summed E-state index contributed by atoms with van der Waals surface area (Å²) < 4.78 is 4.98. The molecule has 0 saturated carbocycles. The lowest BCUT2D eigenvalue weighted by Crippen LogP contribution is -2.50. The molecule has 0 aliphatic carbocycles. The Balaban J connectivity index is 1.65. The van der Waals surface area contributed by atoms with E-state index in [2.05, 4.69) is 58.7 Å². The van der Waals surface area contributed by atoms with E-state index in [-0.39, 0.29) is 29.9 Å². The molecule has 6 heteroatoms. The quantitative estimate of drug-likeness (QED) is 0.420. The predicted molar refractivity (Wildman–Crippen MR) is 139 cm³/mol. The summed E-state index contributed by atoms with van der Waals surface area (Å²) >= 11 is 0. The van der Waals surface area contributed by atoms with Gasteiger partial charge >= 0.3 is 5.97 Å². The molecule has 1 amide bonds. The molecule has 6 nitrogen and oxygen atoms in total. The Bertz CT molecular complexity index is 1150. The second-order valence-electron chi connectivity index (χ2n) is 9.92. The van der Waals surface area contributed by atoms with Crippen LogP contribution in [0.5, 0.6) is 0 Å². The van der Waals surface area contributed by atoms with Crippen molar-refractivity contribution >= 4 is 22.8 Å². The predicted octanol–water partition coefficient (Wildman–Crippen LogP) is 5.14. The van der Waals surface area contributed by atoms with Crippen molar-refractivity contribution in [3.05, 3.63) is 71.4 Å². The number of carbonyl (C=O) groups is 2. The van der Waals surface area contributed by atoms with Gasteiger partial charge < -0.3 is 15.0 Å². The standard InChI is InChI=1S/C29H37N3O3/c1-5-21-12-9-13-22-23(17-30-27(21)22)25-14-15-26(32(25)18-20-10-7-6-8-11-20)28(33)31-24(16-19(2)3)29(34)35-4/h6-13,17,19,24-26,30H,5,14-16,18H2,1-4H3,(H,31,33)/t24-,25+,26-/m0/s1. The van der Waals surface area contributed by atoms with E-state index in [1.807, 2.05) is 32.0 Å². The minimum atomic E-state index is -0.634. The lowest BCUT2D eigenvalue weighted by atomic mass is 10.0. The number of benzene rings is 2. The number of rotatable bonds is 9. The molecular formula is C29H37N3O3. The zero-order chi connectivity index (χ0) is 24.9. The number of amides is 1. The average Bonchev–Trinajstić information content (AvgIpc) is 3.47. The Morgan fingerprint density at radius 2 is 1.89 bits per heavy atom. The first-order valence-corrected chi connectivity index (χ1v) is 12.7. The van der Waals surface area contributed by atoms with Crippen LogP contribution in [0, 0.1) is 5.92 Å². The SMILES string of the molecule is CCc1cccc2c([C@H]3CC[C@@H](C(=O)N[C@@H](CC(C)C)C(=O)OC)N3Cc3ccccc3)c[nH]c12. The Hall–Kier alpha value is -3.12. The molecule has 0 unspecified atom stereocenters. The maximum absolute atomic E-state index is 13.6. The van der Waals surface area contributed by atoms with Gasteiger partial charge in [0.1, 0.15) is 6.04 Å². The van der Waals surface area contributed by atoms with Gasteiger partial charge in [0.15, 0.2) is 0 Å². The molecule has 1 fully saturated rings. The number of hydrogen-bond acceptors (Lipinski definition) is 4.